The van der Waals surface area contributed by atoms with Gasteiger partial charge in [0.25, 0.3) is 0 Å². The molecule has 0 spiro atoms. The SMILES string of the molecule is OC(O)C1=CCc2ccccc2O1. The van der Waals surface area contributed by atoms with Gasteiger partial charge in [0.1, 0.15) is 5.75 Å². The maximum absolute atomic E-state index is 8.86. The molecule has 2 N–H and O–H groups in total. The molecule has 68 valence electrons. The maximum Gasteiger partial charge on any atom is 0.211 e. The molecule has 13 heavy (non-hydrogen) atoms. The summed E-state index contributed by atoms with van der Waals surface area (Å²) in [6.45, 7) is 0. The third-order valence-corrected chi connectivity index (χ3v) is 1.98. The van der Waals surface area contributed by atoms with E-state index in [1.165, 1.54) is 0 Å². The molecule has 0 atom stereocenters. The van der Waals surface area contributed by atoms with Crippen LogP contribution in [0.1, 0.15) is 5.56 Å². The summed E-state index contributed by atoms with van der Waals surface area (Å²) in [5.74, 6) is 0.909. The molecule has 0 saturated carbocycles. The van der Waals surface area contributed by atoms with Crippen molar-refractivity contribution in [2.45, 2.75) is 12.7 Å². The summed E-state index contributed by atoms with van der Waals surface area (Å²) in [7, 11) is 0. The van der Waals surface area contributed by atoms with E-state index in [-0.39, 0.29) is 5.76 Å². The largest absolute Gasteiger partial charge is 0.456 e. The number of benzene rings is 1. The van der Waals surface area contributed by atoms with Crippen LogP contribution in [0.4, 0.5) is 0 Å². The Kier molecular flexibility index (Phi) is 2.04. The molecule has 0 aliphatic carbocycles. The molecule has 0 radical (unpaired) electrons. The predicted octanol–water partition coefficient (Wildman–Crippen LogP) is 0.816. The van der Waals surface area contributed by atoms with Crippen molar-refractivity contribution in [2.75, 3.05) is 0 Å². The molecular formula is C10H10O3. The van der Waals surface area contributed by atoms with Crippen molar-refractivity contribution in [1.29, 1.82) is 0 Å². The van der Waals surface area contributed by atoms with Crippen LogP contribution in [0.15, 0.2) is 36.1 Å². The molecule has 0 fully saturated rings. The Morgan fingerprint density at radius 1 is 1.23 bits per heavy atom. The Bertz CT molecular complexity index is 342. The van der Waals surface area contributed by atoms with E-state index in [2.05, 4.69) is 0 Å². The first-order valence-corrected chi connectivity index (χ1v) is 4.09. The van der Waals surface area contributed by atoms with Gasteiger partial charge >= 0.3 is 0 Å². The first kappa shape index (κ1) is 8.29. The number of fused-ring (bicyclic) bond motifs is 1. The van der Waals surface area contributed by atoms with Crippen molar-refractivity contribution in [3.63, 3.8) is 0 Å². The van der Waals surface area contributed by atoms with E-state index in [0.717, 1.165) is 5.56 Å². The maximum atomic E-state index is 8.86. The highest BCUT2D eigenvalue weighted by Gasteiger charge is 2.15. The molecule has 0 saturated heterocycles. The summed E-state index contributed by atoms with van der Waals surface area (Å²) >= 11 is 0. The topological polar surface area (TPSA) is 49.7 Å². The van der Waals surface area contributed by atoms with E-state index in [0.29, 0.717) is 12.2 Å². The van der Waals surface area contributed by atoms with Crippen molar-refractivity contribution in [3.05, 3.63) is 41.7 Å². The van der Waals surface area contributed by atoms with Gasteiger partial charge in [-0.1, -0.05) is 18.2 Å². The summed E-state index contributed by atoms with van der Waals surface area (Å²) in [6.07, 6.45) is 0.837. The van der Waals surface area contributed by atoms with Crippen LogP contribution in [0.3, 0.4) is 0 Å². The average molecular weight is 178 g/mol. The van der Waals surface area contributed by atoms with E-state index in [1.807, 2.05) is 24.3 Å². The number of allylic oxidation sites excluding steroid dienone is 1. The van der Waals surface area contributed by atoms with Crippen molar-refractivity contribution in [3.8, 4) is 5.75 Å². The van der Waals surface area contributed by atoms with Crippen LogP contribution < -0.4 is 4.74 Å². The lowest BCUT2D eigenvalue weighted by molar-refractivity contribution is -0.0339. The van der Waals surface area contributed by atoms with Gasteiger partial charge in [0, 0.05) is 0 Å². The number of hydrogen-bond acceptors (Lipinski definition) is 3. The molecule has 3 nitrogen and oxygen atoms in total. The van der Waals surface area contributed by atoms with Crippen LogP contribution in [0, 0.1) is 0 Å². The molecule has 3 heteroatoms. The second kappa shape index (κ2) is 3.20. The Morgan fingerprint density at radius 3 is 2.77 bits per heavy atom. The Morgan fingerprint density at radius 2 is 2.00 bits per heavy atom. The van der Waals surface area contributed by atoms with Crippen LogP contribution in [-0.2, 0) is 6.42 Å². The fraction of sp³-hybridized carbons (Fsp3) is 0.200. The average Bonchev–Trinajstić information content (AvgIpc) is 2.17. The normalized spacial score (nSPS) is 14.8. The summed E-state index contributed by atoms with van der Waals surface area (Å²) < 4.78 is 5.25. The summed E-state index contributed by atoms with van der Waals surface area (Å²) in [5, 5.41) is 17.7. The van der Waals surface area contributed by atoms with Gasteiger partial charge in [-0.2, -0.15) is 0 Å². The first-order chi connectivity index (χ1) is 6.27. The van der Waals surface area contributed by atoms with Crippen LogP contribution in [0.25, 0.3) is 0 Å². The molecule has 2 rings (SSSR count). The second-order valence-corrected chi connectivity index (χ2v) is 2.89. The predicted molar refractivity (Wildman–Crippen MR) is 47.1 cm³/mol. The second-order valence-electron chi connectivity index (χ2n) is 2.89. The van der Waals surface area contributed by atoms with Crippen LogP contribution in [-0.4, -0.2) is 16.5 Å². The Hall–Kier alpha value is -1.32. The highest BCUT2D eigenvalue weighted by Crippen LogP contribution is 2.26. The van der Waals surface area contributed by atoms with E-state index in [1.54, 1.807) is 6.08 Å². The van der Waals surface area contributed by atoms with Gasteiger partial charge in [-0.25, -0.2) is 0 Å². The van der Waals surface area contributed by atoms with E-state index >= 15 is 0 Å². The Labute approximate surface area is 75.9 Å². The lowest BCUT2D eigenvalue weighted by Gasteiger charge is -2.18. The van der Waals surface area contributed by atoms with Crippen molar-refractivity contribution in [1.82, 2.24) is 0 Å². The minimum atomic E-state index is -1.52. The molecule has 1 aliphatic heterocycles. The Balaban J connectivity index is 2.28. The zero-order valence-corrected chi connectivity index (χ0v) is 6.97. The van der Waals surface area contributed by atoms with Crippen molar-refractivity contribution in [2.24, 2.45) is 0 Å². The molecule has 1 heterocycles. The molecule has 0 bridgehead atoms. The van der Waals surface area contributed by atoms with Crippen molar-refractivity contribution >= 4 is 0 Å². The zero-order valence-electron chi connectivity index (χ0n) is 6.97. The molecule has 0 unspecified atom stereocenters. The van der Waals surface area contributed by atoms with Gasteiger partial charge in [0.05, 0.1) is 0 Å². The molecule has 1 aromatic carbocycles. The van der Waals surface area contributed by atoms with Gasteiger partial charge in [-0.15, -0.1) is 0 Å². The lowest BCUT2D eigenvalue weighted by atomic mass is 10.1. The summed E-state index contributed by atoms with van der Waals surface area (Å²) in [6, 6.07) is 7.54. The molecule has 0 amide bonds. The van der Waals surface area contributed by atoms with Gasteiger partial charge in [0.2, 0.25) is 6.29 Å². The van der Waals surface area contributed by atoms with Gasteiger partial charge in [-0.05, 0) is 24.1 Å². The number of aliphatic hydroxyl groups excluding tert-OH is 1. The van der Waals surface area contributed by atoms with Crippen LogP contribution in [0.2, 0.25) is 0 Å². The van der Waals surface area contributed by atoms with Gasteiger partial charge in [-0.3, -0.25) is 0 Å². The quantitative estimate of drug-likeness (QED) is 0.626. The van der Waals surface area contributed by atoms with Gasteiger partial charge in [0.15, 0.2) is 5.76 Å². The number of aliphatic hydroxyl groups is 2. The standard InChI is InChI=1S/C10H10O3/c11-10(12)9-6-5-7-3-1-2-4-8(7)13-9/h1-4,6,10-12H,5H2. The van der Waals surface area contributed by atoms with Gasteiger partial charge < -0.3 is 14.9 Å². The monoisotopic (exact) mass is 178 g/mol. The summed E-state index contributed by atoms with van der Waals surface area (Å²) in [5.41, 5.74) is 1.06. The number of rotatable bonds is 1. The van der Waals surface area contributed by atoms with Crippen LogP contribution in [0.5, 0.6) is 5.75 Å². The van der Waals surface area contributed by atoms with E-state index in [9.17, 15) is 0 Å². The molecule has 1 aromatic rings. The lowest BCUT2D eigenvalue weighted by Crippen LogP contribution is -2.17. The smallest absolute Gasteiger partial charge is 0.211 e. The minimum absolute atomic E-state index is 0.207. The highest BCUT2D eigenvalue weighted by molar-refractivity contribution is 5.39. The fourth-order valence-electron chi connectivity index (χ4n) is 1.31. The number of hydrogen-bond donors (Lipinski definition) is 2. The molecule has 0 aromatic heterocycles. The third kappa shape index (κ3) is 1.56. The first-order valence-electron chi connectivity index (χ1n) is 4.09. The van der Waals surface area contributed by atoms with Crippen molar-refractivity contribution < 1.29 is 14.9 Å². The fourth-order valence-corrected chi connectivity index (χ4v) is 1.31. The zero-order chi connectivity index (χ0) is 9.26. The van der Waals surface area contributed by atoms with Crippen LogP contribution >= 0.6 is 0 Å². The van der Waals surface area contributed by atoms with E-state index < -0.39 is 6.29 Å². The minimum Gasteiger partial charge on any atom is -0.456 e. The highest BCUT2D eigenvalue weighted by atomic mass is 16.5. The number of para-hydroxylation sites is 1. The molecule has 1 aliphatic rings. The third-order valence-electron chi connectivity index (χ3n) is 1.98. The number of ether oxygens (including phenoxy) is 1. The van der Waals surface area contributed by atoms with E-state index in [4.69, 9.17) is 14.9 Å². The summed E-state index contributed by atoms with van der Waals surface area (Å²) in [4.78, 5) is 0. The molecular weight excluding hydrogens is 168 g/mol.